The Morgan fingerprint density at radius 1 is 1.50 bits per heavy atom. The van der Waals surface area contributed by atoms with Crippen LogP contribution in [-0.4, -0.2) is 11.0 Å². The number of hydrogen-bond donors (Lipinski definition) is 1. The molecule has 1 aromatic rings. The van der Waals surface area contributed by atoms with Crippen LogP contribution in [0.15, 0.2) is 24.4 Å². The molecule has 1 fully saturated rings. The third-order valence-corrected chi connectivity index (χ3v) is 2.82. The van der Waals surface area contributed by atoms with Crippen LogP contribution in [0.2, 0.25) is 0 Å². The van der Waals surface area contributed by atoms with Gasteiger partial charge in [0.2, 0.25) is 0 Å². The van der Waals surface area contributed by atoms with Gasteiger partial charge in [0.1, 0.15) is 5.82 Å². The van der Waals surface area contributed by atoms with Crippen molar-refractivity contribution in [3.05, 3.63) is 24.4 Å². The van der Waals surface area contributed by atoms with Crippen LogP contribution in [-0.2, 0) is 0 Å². The smallest absolute Gasteiger partial charge is 0.126 e. The van der Waals surface area contributed by atoms with Crippen molar-refractivity contribution in [2.75, 3.05) is 5.32 Å². The molecular formula is C12H18N2. The summed E-state index contributed by atoms with van der Waals surface area (Å²) >= 11 is 0. The van der Waals surface area contributed by atoms with E-state index in [2.05, 4.69) is 17.2 Å². The minimum atomic E-state index is 0.609. The monoisotopic (exact) mass is 190 g/mol. The van der Waals surface area contributed by atoms with E-state index in [9.17, 15) is 0 Å². The fourth-order valence-corrected chi connectivity index (χ4v) is 1.74. The molecule has 1 unspecified atom stereocenters. The van der Waals surface area contributed by atoms with Crippen LogP contribution in [0.25, 0.3) is 0 Å². The molecule has 0 spiro atoms. The van der Waals surface area contributed by atoms with E-state index in [0.29, 0.717) is 6.04 Å². The standard InChI is InChI=1S/C12H18N2/c1-2-11(9-10-6-7-10)14-12-5-3-4-8-13-12/h3-5,8,10-11H,2,6-7,9H2,1H3,(H,13,14). The normalized spacial score (nSPS) is 17.8. The van der Waals surface area contributed by atoms with Crippen molar-refractivity contribution in [1.29, 1.82) is 0 Å². The van der Waals surface area contributed by atoms with Crippen LogP contribution in [0.1, 0.15) is 32.6 Å². The maximum atomic E-state index is 4.28. The average Bonchev–Trinajstić information content (AvgIpc) is 3.02. The Labute approximate surface area is 85.7 Å². The van der Waals surface area contributed by atoms with Crippen LogP contribution < -0.4 is 5.32 Å². The van der Waals surface area contributed by atoms with Crippen molar-refractivity contribution in [3.63, 3.8) is 0 Å². The summed E-state index contributed by atoms with van der Waals surface area (Å²) in [5.41, 5.74) is 0. The van der Waals surface area contributed by atoms with E-state index in [1.165, 1.54) is 25.7 Å². The molecule has 1 aliphatic rings. The first-order valence-corrected chi connectivity index (χ1v) is 5.56. The molecule has 1 N–H and O–H groups in total. The molecule has 1 atom stereocenters. The molecule has 1 saturated carbocycles. The number of aromatic nitrogens is 1. The number of nitrogens with zero attached hydrogens (tertiary/aromatic N) is 1. The van der Waals surface area contributed by atoms with E-state index in [1.807, 2.05) is 24.4 Å². The highest BCUT2D eigenvalue weighted by Gasteiger charge is 2.24. The van der Waals surface area contributed by atoms with Gasteiger partial charge in [-0.3, -0.25) is 0 Å². The van der Waals surface area contributed by atoms with Gasteiger partial charge in [-0.1, -0.05) is 25.8 Å². The summed E-state index contributed by atoms with van der Waals surface area (Å²) < 4.78 is 0. The number of hydrogen-bond acceptors (Lipinski definition) is 2. The molecule has 2 rings (SSSR count). The summed E-state index contributed by atoms with van der Waals surface area (Å²) in [5, 5.41) is 3.49. The maximum Gasteiger partial charge on any atom is 0.126 e. The summed E-state index contributed by atoms with van der Waals surface area (Å²) in [6, 6.07) is 6.62. The summed E-state index contributed by atoms with van der Waals surface area (Å²) in [6.07, 6.45) is 7.20. The van der Waals surface area contributed by atoms with Gasteiger partial charge in [0.15, 0.2) is 0 Å². The maximum absolute atomic E-state index is 4.28. The second kappa shape index (κ2) is 4.45. The molecule has 0 amide bonds. The van der Waals surface area contributed by atoms with Gasteiger partial charge < -0.3 is 5.32 Å². The van der Waals surface area contributed by atoms with E-state index in [0.717, 1.165) is 11.7 Å². The van der Waals surface area contributed by atoms with E-state index >= 15 is 0 Å². The molecule has 2 heteroatoms. The first-order chi connectivity index (χ1) is 6.88. The zero-order valence-electron chi connectivity index (χ0n) is 8.74. The lowest BCUT2D eigenvalue weighted by molar-refractivity contribution is 0.585. The molecule has 1 heterocycles. The Morgan fingerprint density at radius 2 is 2.36 bits per heavy atom. The zero-order valence-corrected chi connectivity index (χ0v) is 8.74. The highest BCUT2D eigenvalue weighted by molar-refractivity contribution is 5.34. The van der Waals surface area contributed by atoms with Crippen LogP contribution in [0.3, 0.4) is 0 Å². The van der Waals surface area contributed by atoms with Crippen molar-refractivity contribution >= 4 is 5.82 Å². The molecule has 0 aliphatic heterocycles. The van der Waals surface area contributed by atoms with Gasteiger partial charge in [-0.2, -0.15) is 0 Å². The number of rotatable bonds is 5. The minimum absolute atomic E-state index is 0.609. The number of nitrogens with one attached hydrogen (secondary N) is 1. The highest BCUT2D eigenvalue weighted by Crippen LogP contribution is 2.34. The van der Waals surface area contributed by atoms with Crippen LogP contribution in [0.5, 0.6) is 0 Å². The second-order valence-corrected chi connectivity index (χ2v) is 4.14. The lowest BCUT2D eigenvalue weighted by atomic mass is 10.1. The molecule has 2 nitrogen and oxygen atoms in total. The number of anilines is 1. The van der Waals surface area contributed by atoms with Gasteiger partial charge in [0.05, 0.1) is 0 Å². The first kappa shape index (κ1) is 9.50. The fraction of sp³-hybridized carbons (Fsp3) is 0.583. The summed E-state index contributed by atoms with van der Waals surface area (Å²) in [6.45, 7) is 2.24. The summed E-state index contributed by atoms with van der Waals surface area (Å²) in [5.74, 6) is 2.00. The molecule has 14 heavy (non-hydrogen) atoms. The van der Waals surface area contributed by atoms with Gasteiger partial charge in [0.25, 0.3) is 0 Å². The van der Waals surface area contributed by atoms with Crippen molar-refractivity contribution in [2.24, 2.45) is 5.92 Å². The topological polar surface area (TPSA) is 24.9 Å². The average molecular weight is 190 g/mol. The zero-order chi connectivity index (χ0) is 9.80. The Hall–Kier alpha value is -1.05. The largest absolute Gasteiger partial charge is 0.367 e. The summed E-state index contributed by atoms with van der Waals surface area (Å²) in [7, 11) is 0. The Morgan fingerprint density at radius 3 is 2.93 bits per heavy atom. The van der Waals surface area contributed by atoms with Crippen LogP contribution in [0.4, 0.5) is 5.82 Å². The Balaban J connectivity index is 1.87. The van der Waals surface area contributed by atoms with Crippen molar-refractivity contribution in [2.45, 2.75) is 38.6 Å². The van der Waals surface area contributed by atoms with Gasteiger partial charge in [0, 0.05) is 12.2 Å². The first-order valence-electron chi connectivity index (χ1n) is 5.56. The quantitative estimate of drug-likeness (QED) is 0.771. The Kier molecular flexibility index (Phi) is 3.02. The van der Waals surface area contributed by atoms with Gasteiger partial charge in [-0.05, 0) is 30.9 Å². The minimum Gasteiger partial charge on any atom is -0.367 e. The van der Waals surface area contributed by atoms with Crippen molar-refractivity contribution in [3.8, 4) is 0 Å². The Bertz CT molecular complexity index is 267. The van der Waals surface area contributed by atoms with Gasteiger partial charge >= 0.3 is 0 Å². The third kappa shape index (κ3) is 2.72. The molecule has 0 radical (unpaired) electrons. The van der Waals surface area contributed by atoms with Crippen LogP contribution >= 0.6 is 0 Å². The molecular weight excluding hydrogens is 172 g/mol. The van der Waals surface area contributed by atoms with E-state index in [-0.39, 0.29) is 0 Å². The van der Waals surface area contributed by atoms with Gasteiger partial charge in [-0.15, -0.1) is 0 Å². The molecule has 76 valence electrons. The molecule has 0 aromatic carbocycles. The van der Waals surface area contributed by atoms with Crippen molar-refractivity contribution in [1.82, 2.24) is 4.98 Å². The molecule has 1 aliphatic carbocycles. The van der Waals surface area contributed by atoms with Crippen molar-refractivity contribution < 1.29 is 0 Å². The molecule has 0 bridgehead atoms. The van der Waals surface area contributed by atoms with E-state index in [1.54, 1.807) is 0 Å². The summed E-state index contributed by atoms with van der Waals surface area (Å²) in [4.78, 5) is 4.28. The lowest BCUT2D eigenvalue weighted by Gasteiger charge is -2.16. The van der Waals surface area contributed by atoms with Crippen LogP contribution in [0, 0.1) is 5.92 Å². The SMILES string of the molecule is CCC(CC1CC1)Nc1ccccn1. The fourth-order valence-electron chi connectivity index (χ4n) is 1.74. The molecule has 0 saturated heterocycles. The van der Waals surface area contributed by atoms with E-state index in [4.69, 9.17) is 0 Å². The predicted octanol–water partition coefficient (Wildman–Crippen LogP) is 3.07. The van der Waals surface area contributed by atoms with E-state index < -0.39 is 0 Å². The third-order valence-electron chi connectivity index (χ3n) is 2.82. The second-order valence-electron chi connectivity index (χ2n) is 4.14. The molecule has 1 aromatic heterocycles. The lowest BCUT2D eigenvalue weighted by Crippen LogP contribution is -2.19. The predicted molar refractivity (Wildman–Crippen MR) is 59.3 cm³/mol. The van der Waals surface area contributed by atoms with Gasteiger partial charge in [-0.25, -0.2) is 4.98 Å². The number of pyridine rings is 1. The highest BCUT2D eigenvalue weighted by atomic mass is 15.0.